The molecule has 0 spiro atoms. The SMILES string of the molecule is CC1(C)OB(c2cnc(N3CC[C@@H](F)C3)cn2)OC1(C)C. The summed E-state index contributed by atoms with van der Waals surface area (Å²) in [6.07, 6.45) is 3.11. The molecule has 1 atom stereocenters. The summed E-state index contributed by atoms with van der Waals surface area (Å²) in [5.74, 6) is 0.704. The average molecular weight is 293 g/mol. The molecular weight excluding hydrogens is 272 g/mol. The lowest BCUT2D eigenvalue weighted by atomic mass is 9.85. The van der Waals surface area contributed by atoms with Crippen LogP contribution in [0.1, 0.15) is 34.1 Å². The van der Waals surface area contributed by atoms with Crippen molar-refractivity contribution in [2.24, 2.45) is 0 Å². The summed E-state index contributed by atoms with van der Waals surface area (Å²) in [5, 5.41) is 0. The fourth-order valence-electron chi connectivity index (χ4n) is 2.51. The number of aromatic nitrogens is 2. The van der Waals surface area contributed by atoms with Crippen LogP contribution in [0.25, 0.3) is 0 Å². The van der Waals surface area contributed by atoms with Crippen molar-refractivity contribution in [3.8, 4) is 0 Å². The molecule has 2 aliphatic heterocycles. The second kappa shape index (κ2) is 4.92. The third kappa shape index (κ3) is 2.64. The van der Waals surface area contributed by atoms with E-state index in [9.17, 15) is 4.39 Å². The third-order valence-electron chi connectivity index (χ3n) is 4.61. The van der Waals surface area contributed by atoms with Gasteiger partial charge in [-0.2, -0.15) is 0 Å². The number of nitrogens with zero attached hydrogens (tertiary/aromatic N) is 3. The van der Waals surface area contributed by atoms with E-state index < -0.39 is 24.5 Å². The highest BCUT2D eigenvalue weighted by atomic mass is 19.1. The summed E-state index contributed by atoms with van der Waals surface area (Å²) in [6.45, 7) is 9.08. The molecule has 3 heterocycles. The van der Waals surface area contributed by atoms with E-state index >= 15 is 0 Å². The van der Waals surface area contributed by atoms with Crippen molar-refractivity contribution in [3.63, 3.8) is 0 Å². The van der Waals surface area contributed by atoms with Crippen LogP contribution in [0.4, 0.5) is 10.2 Å². The van der Waals surface area contributed by atoms with Crippen molar-refractivity contribution < 1.29 is 13.7 Å². The first-order chi connectivity index (χ1) is 9.78. The molecule has 0 unspecified atom stereocenters. The largest absolute Gasteiger partial charge is 0.516 e. The second-order valence-corrected chi connectivity index (χ2v) is 6.72. The van der Waals surface area contributed by atoms with Crippen LogP contribution < -0.4 is 10.5 Å². The van der Waals surface area contributed by atoms with Crippen molar-refractivity contribution >= 4 is 18.5 Å². The van der Waals surface area contributed by atoms with E-state index in [1.807, 2.05) is 32.6 Å². The van der Waals surface area contributed by atoms with E-state index in [-0.39, 0.29) is 0 Å². The van der Waals surface area contributed by atoms with Crippen LogP contribution in [0.15, 0.2) is 12.4 Å². The molecule has 2 aliphatic rings. The summed E-state index contributed by atoms with van der Waals surface area (Å²) < 4.78 is 25.1. The fourth-order valence-corrected chi connectivity index (χ4v) is 2.51. The zero-order valence-corrected chi connectivity index (χ0v) is 13.0. The van der Waals surface area contributed by atoms with E-state index in [1.54, 1.807) is 12.4 Å². The van der Waals surface area contributed by atoms with Gasteiger partial charge in [0.2, 0.25) is 0 Å². The topological polar surface area (TPSA) is 47.5 Å². The summed E-state index contributed by atoms with van der Waals surface area (Å²) in [4.78, 5) is 10.7. The zero-order valence-electron chi connectivity index (χ0n) is 13.0. The first kappa shape index (κ1) is 14.7. The van der Waals surface area contributed by atoms with Gasteiger partial charge < -0.3 is 14.2 Å². The van der Waals surface area contributed by atoms with Crippen molar-refractivity contribution in [1.82, 2.24) is 9.97 Å². The highest BCUT2D eigenvalue weighted by Gasteiger charge is 2.52. The molecule has 114 valence electrons. The predicted molar refractivity (Wildman–Crippen MR) is 79.5 cm³/mol. The first-order valence-electron chi connectivity index (χ1n) is 7.35. The average Bonchev–Trinajstić information content (AvgIpc) is 2.92. The number of anilines is 1. The van der Waals surface area contributed by atoms with Crippen molar-refractivity contribution in [3.05, 3.63) is 12.4 Å². The summed E-state index contributed by atoms with van der Waals surface area (Å²) >= 11 is 0. The minimum atomic E-state index is -0.769. The monoisotopic (exact) mass is 293 g/mol. The summed E-state index contributed by atoms with van der Waals surface area (Å²) in [6, 6.07) is 0. The van der Waals surface area contributed by atoms with E-state index in [4.69, 9.17) is 9.31 Å². The van der Waals surface area contributed by atoms with E-state index in [1.165, 1.54) is 0 Å². The molecule has 2 fully saturated rings. The van der Waals surface area contributed by atoms with E-state index in [0.29, 0.717) is 30.9 Å². The molecule has 5 nitrogen and oxygen atoms in total. The quantitative estimate of drug-likeness (QED) is 0.770. The molecular formula is C14H21BFN3O2. The Morgan fingerprint density at radius 1 is 1.19 bits per heavy atom. The van der Waals surface area contributed by atoms with Gasteiger partial charge in [0.15, 0.2) is 0 Å². The van der Waals surface area contributed by atoms with Crippen molar-refractivity contribution in [2.45, 2.75) is 51.5 Å². The predicted octanol–water partition coefficient (Wildman–Crippen LogP) is 1.32. The van der Waals surface area contributed by atoms with Gasteiger partial charge in [0, 0.05) is 12.7 Å². The molecule has 0 radical (unpaired) electrons. The smallest absolute Gasteiger partial charge is 0.398 e. The Morgan fingerprint density at radius 3 is 2.33 bits per heavy atom. The van der Waals surface area contributed by atoms with Crippen LogP contribution >= 0.6 is 0 Å². The van der Waals surface area contributed by atoms with Crippen LogP contribution in [-0.2, 0) is 9.31 Å². The molecule has 0 aromatic carbocycles. The maximum absolute atomic E-state index is 13.2. The van der Waals surface area contributed by atoms with Gasteiger partial charge in [-0.1, -0.05) is 0 Å². The Bertz CT molecular complexity index is 507. The Kier molecular flexibility index (Phi) is 3.45. The van der Waals surface area contributed by atoms with Crippen LogP contribution in [0.5, 0.6) is 0 Å². The van der Waals surface area contributed by atoms with Gasteiger partial charge in [0.05, 0.1) is 29.5 Å². The molecule has 0 N–H and O–H groups in total. The highest BCUT2D eigenvalue weighted by molar-refractivity contribution is 6.61. The van der Waals surface area contributed by atoms with Gasteiger partial charge in [0.1, 0.15) is 12.0 Å². The van der Waals surface area contributed by atoms with Crippen molar-refractivity contribution in [2.75, 3.05) is 18.0 Å². The molecule has 0 aliphatic carbocycles. The molecule has 3 rings (SSSR count). The van der Waals surface area contributed by atoms with E-state index in [2.05, 4.69) is 9.97 Å². The maximum Gasteiger partial charge on any atom is 0.516 e. The Labute approximate surface area is 125 Å². The minimum absolute atomic E-state index is 0.393. The number of rotatable bonds is 2. The number of alkyl halides is 1. The lowest BCUT2D eigenvalue weighted by Gasteiger charge is -2.32. The molecule has 0 amide bonds. The van der Waals surface area contributed by atoms with Gasteiger partial charge in [-0.05, 0) is 34.1 Å². The van der Waals surface area contributed by atoms with E-state index in [0.717, 1.165) is 0 Å². The number of hydrogen-bond acceptors (Lipinski definition) is 5. The van der Waals surface area contributed by atoms with Gasteiger partial charge >= 0.3 is 7.12 Å². The molecule has 2 saturated heterocycles. The molecule has 7 heteroatoms. The van der Waals surface area contributed by atoms with Crippen LogP contribution in [0, 0.1) is 0 Å². The van der Waals surface area contributed by atoms with Gasteiger partial charge in [0.25, 0.3) is 0 Å². The van der Waals surface area contributed by atoms with Crippen molar-refractivity contribution in [1.29, 1.82) is 0 Å². The zero-order chi connectivity index (χ0) is 15.3. The highest BCUT2D eigenvalue weighted by Crippen LogP contribution is 2.36. The first-order valence-corrected chi connectivity index (χ1v) is 7.35. The van der Waals surface area contributed by atoms with Crippen LogP contribution in [0.3, 0.4) is 0 Å². The molecule has 1 aromatic heterocycles. The molecule has 0 saturated carbocycles. The van der Waals surface area contributed by atoms with Gasteiger partial charge in [-0.3, -0.25) is 4.98 Å². The molecule has 0 bridgehead atoms. The second-order valence-electron chi connectivity index (χ2n) is 6.72. The van der Waals surface area contributed by atoms with Gasteiger partial charge in [-0.15, -0.1) is 0 Å². The Hall–Kier alpha value is -1.21. The van der Waals surface area contributed by atoms with Gasteiger partial charge in [-0.25, -0.2) is 9.37 Å². The lowest BCUT2D eigenvalue weighted by molar-refractivity contribution is 0.00578. The number of hydrogen-bond donors (Lipinski definition) is 0. The third-order valence-corrected chi connectivity index (χ3v) is 4.61. The molecule has 21 heavy (non-hydrogen) atoms. The molecule has 1 aromatic rings. The fraction of sp³-hybridized carbons (Fsp3) is 0.714. The minimum Gasteiger partial charge on any atom is -0.398 e. The Balaban J connectivity index is 1.74. The lowest BCUT2D eigenvalue weighted by Crippen LogP contribution is -2.41. The maximum atomic E-state index is 13.2. The normalized spacial score (nSPS) is 27.4. The summed E-state index contributed by atoms with van der Waals surface area (Å²) in [5.41, 5.74) is -0.142. The number of halogens is 1. The van der Waals surface area contributed by atoms with Crippen LogP contribution in [-0.4, -0.2) is 47.5 Å². The Morgan fingerprint density at radius 2 is 1.86 bits per heavy atom. The standard InChI is InChI=1S/C14H21BFN3O2/c1-13(2)14(3,4)21-15(20-13)11-7-18-12(8-17-11)19-6-5-10(16)9-19/h7-8,10H,5-6,9H2,1-4H3/t10-/m1/s1. The van der Waals surface area contributed by atoms with Crippen LogP contribution in [0.2, 0.25) is 0 Å². The summed E-state index contributed by atoms with van der Waals surface area (Å²) in [7, 11) is -0.510.